The normalized spacial score (nSPS) is 10.0. The van der Waals surface area contributed by atoms with E-state index < -0.39 is 0 Å². The van der Waals surface area contributed by atoms with E-state index >= 15 is 0 Å². The monoisotopic (exact) mass is 221 g/mol. The first kappa shape index (κ1) is 7.95. The molecule has 0 aliphatic heterocycles. The molecule has 0 aliphatic carbocycles. The molecule has 0 spiro atoms. The topological polar surface area (TPSA) is 16.8 Å². The van der Waals surface area contributed by atoms with Gasteiger partial charge in [0, 0.05) is 6.92 Å². The Morgan fingerprint density at radius 2 is 2.30 bits per heavy atom. The summed E-state index contributed by atoms with van der Waals surface area (Å²) in [4.78, 5) is 4.07. The summed E-state index contributed by atoms with van der Waals surface area (Å²) in [5.74, 6) is 0.896. The molecule has 10 heavy (non-hydrogen) atoms. The van der Waals surface area contributed by atoms with Crippen LogP contribution < -0.4 is 4.57 Å². The van der Waals surface area contributed by atoms with E-state index in [1.165, 1.54) is 0 Å². The maximum absolute atomic E-state index is 5.86. The lowest BCUT2D eigenvalue weighted by molar-refractivity contribution is -0.679. The molecule has 54 valence electrons. The third-order valence-corrected chi connectivity index (χ3v) is 2.61. The number of aryl methyl sites for hydroxylation is 1. The summed E-state index contributed by atoms with van der Waals surface area (Å²) in [6, 6.07) is 0. The number of halogens is 2. The molecule has 0 amide bonds. The van der Waals surface area contributed by atoms with Crippen molar-refractivity contribution in [2.45, 2.75) is 6.92 Å². The molecular weight excluding hydrogens is 215 g/mol. The van der Waals surface area contributed by atoms with Crippen molar-refractivity contribution in [1.82, 2.24) is 4.98 Å². The summed E-state index contributed by atoms with van der Waals surface area (Å²) in [6.45, 7) is 1.90. The third-order valence-electron chi connectivity index (χ3n) is 1.34. The van der Waals surface area contributed by atoms with Gasteiger partial charge >= 0.3 is 0 Å². The van der Waals surface area contributed by atoms with Crippen LogP contribution >= 0.6 is 27.5 Å². The smallest absolute Gasteiger partial charge is 0.220 e. The van der Waals surface area contributed by atoms with Crippen molar-refractivity contribution in [3.8, 4) is 0 Å². The first-order chi connectivity index (χ1) is 4.63. The Morgan fingerprint density at radius 1 is 1.70 bits per heavy atom. The van der Waals surface area contributed by atoms with Crippen LogP contribution in [0.2, 0.25) is 5.15 Å². The minimum absolute atomic E-state index is 0.674. The quantitative estimate of drug-likeness (QED) is 0.482. The Morgan fingerprint density at radius 3 is 2.80 bits per heavy atom. The van der Waals surface area contributed by atoms with E-state index in [0.29, 0.717) is 5.15 Å². The van der Waals surface area contributed by atoms with Crippen molar-refractivity contribution < 1.29 is 4.57 Å². The molecule has 2 nitrogen and oxygen atoms in total. The molecule has 0 saturated heterocycles. The molecule has 1 heterocycles. The molecule has 0 fully saturated rings. The molecule has 1 rings (SSSR count). The van der Waals surface area contributed by atoms with Gasteiger partial charge in [-0.3, -0.25) is 0 Å². The van der Waals surface area contributed by atoms with Crippen molar-refractivity contribution in [1.29, 1.82) is 0 Å². The standard InChI is InChI=1S/C6H7BrClN2/c1-4-9-3-5(7)6(8)10(4)2/h3H,1-2H3/q+1. The minimum atomic E-state index is 0.674. The second-order valence-corrected chi connectivity index (χ2v) is 3.22. The maximum atomic E-state index is 5.86. The fourth-order valence-corrected chi connectivity index (χ4v) is 1.13. The lowest BCUT2D eigenvalue weighted by Gasteiger charge is -1.95. The molecule has 4 heteroatoms. The number of hydrogen-bond donors (Lipinski definition) is 0. The van der Waals surface area contributed by atoms with Gasteiger partial charge in [0.25, 0.3) is 5.82 Å². The number of rotatable bonds is 0. The van der Waals surface area contributed by atoms with Crippen LogP contribution in [0, 0.1) is 6.92 Å². The van der Waals surface area contributed by atoms with Gasteiger partial charge in [0.05, 0.1) is 7.05 Å². The predicted molar refractivity (Wildman–Crippen MR) is 42.9 cm³/mol. The van der Waals surface area contributed by atoms with Crippen LogP contribution in [0.5, 0.6) is 0 Å². The molecule has 1 aromatic rings. The summed E-state index contributed by atoms with van der Waals surface area (Å²) in [6.07, 6.45) is 1.69. The summed E-state index contributed by atoms with van der Waals surface area (Å²) >= 11 is 9.12. The van der Waals surface area contributed by atoms with Gasteiger partial charge in [0.2, 0.25) is 5.15 Å². The Balaban J connectivity index is 3.34. The van der Waals surface area contributed by atoms with Crippen LogP contribution in [0.3, 0.4) is 0 Å². The molecule has 0 saturated carbocycles. The zero-order valence-electron chi connectivity index (χ0n) is 5.73. The minimum Gasteiger partial charge on any atom is -0.220 e. The second kappa shape index (κ2) is 2.84. The molecule has 0 radical (unpaired) electrons. The van der Waals surface area contributed by atoms with Crippen molar-refractivity contribution >= 4 is 27.5 Å². The van der Waals surface area contributed by atoms with Gasteiger partial charge in [0.15, 0.2) is 6.20 Å². The van der Waals surface area contributed by atoms with Gasteiger partial charge < -0.3 is 0 Å². The van der Waals surface area contributed by atoms with Gasteiger partial charge in [-0.25, -0.2) is 4.57 Å². The number of hydrogen-bond acceptors (Lipinski definition) is 1. The van der Waals surface area contributed by atoms with Crippen molar-refractivity contribution in [2.75, 3.05) is 0 Å². The molecule has 0 aliphatic rings. The average Bonchev–Trinajstić information content (AvgIpc) is 1.93. The van der Waals surface area contributed by atoms with E-state index in [0.717, 1.165) is 10.3 Å². The Bertz CT molecular complexity index is 235. The van der Waals surface area contributed by atoms with Crippen LogP contribution in [0.15, 0.2) is 10.7 Å². The molecule has 0 aromatic carbocycles. The maximum Gasteiger partial charge on any atom is 0.296 e. The fraction of sp³-hybridized carbons (Fsp3) is 0.333. The highest BCUT2D eigenvalue weighted by molar-refractivity contribution is 9.10. The van der Waals surface area contributed by atoms with Crippen molar-refractivity contribution in [2.24, 2.45) is 7.05 Å². The highest BCUT2D eigenvalue weighted by Crippen LogP contribution is 2.15. The van der Waals surface area contributed by atoms with Gasteiger partial charge in [-0.15, -0.1) is 0 Å². The molecule has 0 bridgehead atoms. The average molecular weight is 222 g/mol. The van der Waals surface area contributed by atoms with Crippen LogP contribution in [-0.4, -0.2) is 4.98 Å². The van der Waals surface area contributed by atoms with Gasteiger partial charge in [-0.05, 0) is 27.5 Å². The summed E-state index contributed by atoms with van der Waals surface area (Å²) < 4.78 is 2.63. The van der Waals surface area contributed by atoms with E-state index in [1.807, 2.05) is 18.5 Å². The van der Waals surface area contributed by atoms with Crippen LogP contribution in [0.1, 0.15) is 5.82 Å². The highest BCUT2D eigenvalue weighted by Gasteiger charge is 2.10. The predicted octanol–water partition coefficient (Wildman–Crippen LogP) is 1.63. The molecular formula is C6H7BrClN2+. The van der Waals surface area contributed by atoms with Gasteiger partial charge in [-0.2, -0.15) is 0 Å². The fourth-order valence-electron chi connectivity index (χ4n) is 0.592. The first-order valence-corrected chi connectivity index (χ1v) is 3.96. The van der Waals surface area contributed by atoms with E-state index in [2.05, 4.69) is 20.9 Å². The number of nitrogens with zero attached hydrogens (tertiary/aromatic N) is 2. The third kappa shape index (κ3) is 1.30. The Kier molecular flexibility index (Phi) is 2.26. The van der Waals surface area contributed by atoms with E-state index in [-0.39, 0.29) is 0 Å². The second-order valence-electron chi connectivity index (χ2n) is 2.00. The largest absolute Gasteiger partial charge is 0.296 e. The van der Waals surface area contributed by atoms with Crippen LogP contribution in [0.4, 0.5) is 0 Å². The lowest BCUT2D eigenvalue weighted by Crippen LogP contribution is -2.34. The van der Waals surface area contributed by atoms with E-state index in [4.69, 9.17) is 11.6 Å². The van der Waals surface area contributed by atoms with Gasteiger partial charge in [0.1, 0.15) is 4.47 Å². The summed E-state index contributed by atoms with van der Waals surface area (Å²) in [5.41, 5.74) is 0. The summed E-state index contributed by atoms with van der Waals surface area (Å²) in [7, 11) is 1.87. The Labute approximate surface area is 73.0 Å². The number of aromatic nitrogens is 2. The van der Waals surface area contributed by atoms with E-state index in [9.17, 15) is 0 Å². The van der Waals surface area contributed by atoms with Crippen molar-refractivity contribution in [3.63, 3.8) is 0 Å². The zero-order chi connectivity index (χ0) is 7.72. The van der Waals surface area contributed by atoms with E-state index in [1.54, 1.807) is 6.20 Å². The lowest BCUT2D eigenvalue weighted by atomic mass is 10.6. The van der Waals surface area contributed by atoms with Gasteiger partial charge in [-0.1, -0.05) is 4.98 Å². The SMILES string of the molecule is Cc1ncc(Br)c(Cl)[n+]1C. The zero-order valence-corrected chi connectivity index (χ0v) is 8.07. The van der Waals surface area contributed by atoms with Crippen LogP contribution in [-0.2, 0) is 7.05 Å². The molecule has 0 atom stereocenters. The Hall–Kier alpha value is -0.150. The van der Waals surface area contributed by atoms with Crippen LogP contribution in [0.25, 0.3) is 0 Å². The molecule has 0 unspecified atom stereocenters. The molecule has 1 aromatic heterocycles. The van der Waals surface area contributed by atoms with Crippen molar-refractivity contribution in [3.05, 3.63) is 21.6 Å². The first-order valence-electron chi connectivity index (χ1n) is 2.79. The molecule has 0 N–H and O–H groups in total. The highest BCUT2D eigenvalue weighted by atomic mass is 79.9. The summed E-state index contributed by atoms with van der Waals surface area (Å²) in [5, 5.41) is 0.674.